The molecule has 2 saturated carbocycles. The van der Waals surface area contributed by atoms with Gasteiger partial charge < -0.3 is 19.3 Å². The number of hydrogen-bond donors (Lipinski definition) is 1. The normalized spacial score (nSPS) is 39.0. The van der Waals surface area contributed by atoms with Crippen molar-refractivity contribution in [3.8, 4) is 11.1 Å². The Morgan fingerprint density at radius 2 is 1.71 bits per heavy atom. The quantitative estimate of drug-likeness (QED) is 0.354. The van der Waals surface area contributed by atoms with Crippen molar-refractivity contribution < 1.29 is 28.9 Å². The zero-order valence-electron chi connectivity index (χ0n) is 25.2. The van der Waals surface area contributed by atoms with E-state index in [1.54, 1.807) is 6.07 Å². The summed E-state index contributed by atoms with van der Waals surface area (Å²) >= 11 is 0. The van der Waals surface area contributed by atoms with Crippen molar-refractivity contribution in [1.82, 2.24) is 0 Å². The summed E-state index contributed by atoms with van der Waals surface area (Å²) in [5.41, 5.74) is 0.387. The van der Waals surface area contributed by atoms with E-state index in [9.17, 15) is 14.7 Å². The third-order valence-corrected chi connectivity index (χ3v) is 11.1. The van der Waals surface area contributed by atoms with E-state index in [0.717, 1.165) is 23.1 Å². The average molecular weight is 569 g/mol. The van der Waals surface area contributed by atoms with Gasteiger partial charge in [0, 0.05) is 5.92 Å². The predicted octanol–water partition coefficient (Wildman–Crippen LogP) is 6.15. The molecule has 42 heavy (non-hydrogen) atoms. The highest BCUT2D eigenvalue weighted by molar-refractivity contribution is 5.98. The highest BCUT2D eigenvalue weighted by Gasteiger charge is 2.77. The molecule has 1 N–H and O–H groups in total. The summed E-state index contributed by atoms with van der Waals surface area (Å²) in [6.07, 6.45) is 2.79. The molecule has 1 heterocycles. The number of benzene rings is 2. The van der Waals surface area contributed by atoms with Gasteiger partial charge in [-0.1, -0.05) is 81.5 Å². The summed E-state index contributed by atoms with van der Waals surface area (Å²) in [4.78, 5) is 28.9. The molecule has 220 valence electrons. The summed E-state index contributed by atoms with van der Waals surface area (Å²) < 4.78 is 19.0. The lowest BCUT2D eigenvalue weighted by Crippen LogP contribution is -2.68. The molecule has 6 nitrogen and oxygen atoms in total. The first-order chi connectivity index (χ1) is 19.8. The molecule has 3 fully saturated rings. The topological polar surface area (TPSA) is 82.1 Å². The number of rotatable bonds is 3. The third kappa shape index (κ3) is 3.61. The van der Waals surface area contributed by atoms with Crippen molar-refractivity contribution in [2.75, 3.05) is 6.61 Å². The van der Waals surface area contributed by atoms with Crippen LogP contribution in [0, 0.1) is 34.5 Å². The summed E-state index contributed by atoms with van der Waals surface area (Å²) in [6.45, 7) is 12.3. The Morgan fingerprint density at radius 1 is 1.02 bits per heavy atom. The molecule has 0 radical (unpaired) electrons. The second-order valence-electron chi connectivity index (χ2n) is 14.2. The van der Waals surface area contributed by atoms with Gasteiger partial charge in [-0.15, -0.1) is 0 Å². The van der Waals surface area contributed by atoms with Gasteiger partial charge in [0.05, 0.1) is 17.6 Å². The molecular weight excluding hydrogens is 528 g/mol. The van der Waals surface area contributed by atoms with Gasteiger partial charge in [0.1, 0.15) is 6.10 Å². The summed E-state index contributed by atoms with van der Waals surface area (Å²) in [7, 11) is 0. The monoisotopic (exact) mass is 568 g/mol. The molecule has 1 spiro atoms. The van der Waals surface area contributed by atoms with E-state index in [1.165, 1.54) is 0 Å². The summed E-state index contributed by atoms with van der Waals surface area (Å²) in [6, 6.07) is 17.0. The molecular formula is C36H40O6. The van der Waals surface area contributed by atoms with Crippen LogP contribution in [0.2, 0.25) is 0 Å². The second kappa shape index (κ2) is 8.98. The Kier molecular flexibility index (Phi) is 5.93. The highest BCUT2D eigenvalue weighted by Crippen LogP contribution is 2.72. The molecule has 0 unspecified atom stereocenters. The minimum Gasteiger partial charge on any atom is -0.451 e. The van der Waals surface area contributed by atoms with E-state index < -0.39 is 35.0 Å². The molecule has 5 aliphatic rings. The molecule has 0 amide bonds. The first-order valence-corrected chi connectivity index (χ1v) is 15.2. The Hall–Kier alpha value is -3.06. The van der Waals surface area contributed by atoms with Gasteiger partial charge in [-0.2, -0.15) is 0 Å². The van der Waals surface area contributed by atoms with Crippen molar-refractivity contribution >= 4 is 11.8 Å². The molecule has 4 aliphatic carbocycles. The zero-order valence-corrected chi connectivity index (χ0v) is 25.2. The molecule has 1 aliphatic heterocycles. The number of carbonyl (C=O) groups excluding carboxylic acids is 2. The van der Waals surface area contributed by atoms with Gasteiger partial charge in [0.25, 0.3) is 0 Å². The number of carbonyl (C=O) groups is 2. The zero-order chi connectivity index (χ0) is 29.8. The van der Waals surface area contributed by atoms with Crippen LogP contribution < -0.4 is 0 Å². The first kappa shape index (κ1) is 27.8. The molecule has 0 aromatic heterocycles. The van der Waals surface area contributed by atoms with Crippen molar-refractivity contribution in [3.63, 3.8) is 0 Å². The lowest BCUT2D eigenvalue weighted by atomic mass is 9.59. The first-order valence-electron chi connectivity index (χ1n) is 15.2. The average Bonchev–Trinajstić information content (AvgIpc) is 3.45. The highest BCUT2D eigenvalue weighted by atomic mass is 16.7. The van der Waals surface area contributed by atoms with Crippen LogP contribution in [-0.2, 0) is 19.0 Å². The number of hydrogen-bond acceptors (Lipinski definition) is 6. The number of allylic oxidation sites excluding steroid dienone is 1. The van der Waals surface area contributed by atoms with E-state index in [-0.39, 0.29) is 35.6 Å². The number of Topliss-reactive ketones (excluding diaryl/α,β-unsaturated/α-hetero) is 1. The van der Waals surface area contributed by atoms with Crippen molar-refractivity contribution in [3.05, 3.63) is 83.5 Å². The second-order valence-corrected chi connectivity index (χ2v) is 14.2. The van der Waals surface area contributed by atoms with Crippen molar-refractivity contribution in [2.45, 2.75) is 71.6 Å². The molecule has 6 heteroatoms. The Balaban J connectivity index is 1.36. The Morgan fingerprint density at radius 3 is 2.45 bits per heavy atom. The van der Waals surface area contributed by atoms with Crippen LogP contribution >= 0.6 is 0 Å². The van der Waals surface area contributed by atoms with Crippen LogP contribution in [0.3, 0.4) is 0 Å². The summed E-state index contributed by atoms with van der Waals surface area (Å²) in [5.74, 6) is -1.54. The summed E-state index contributed by atoms with van der Waals surface area (Å²) in [5, 5.41) is 13.3. The number of esters is 1. The van der Waals surface area contributed by atoms with Crippen molar-refractivity contribution in [2.24, 2.45) is 34.5 Å². The van der Waals surface area contributed by atoms with E-state index in [4.69, 9.17) is 14.2 Å². The third-order valence-electron chi connectivity index (χ3n) is 11.1. The van der Waals surface area contributed by atoms with Crippen LogP contribution in [0.15, 0.2) is 77.9 Å². The van der Waals surface area contributed by atoms with E-state index >= 15 is 0 Å². The fourth-order valence-corrected chi connectivity index (χ4v) is 9.00. The maximum atomic E-state index is 14.9. The largest absolute Gasteiger partial charge is 0.451 e. The van der Waals surface area contributed by atoms with Gasteiger partial charge in [0.15, 0.2) is 23.3 Å². The van der Waals surface area contributed by atoms with Gasteiger partial charge in [-0.25, -0.2) is 4.79 Å². The van der Waals surface area contributed by atoms with Gasteiger partial charge in [-0.05, 0) is 78.7 Å². The molecule has 2 bridgehead atoms. The van der Waals surface area contributed by atoms with Crippen molar-refractivity contribution in [1.29, 1.82) is 0 Å². The SMILES string of the molecule is CC1=C[C@]23C(=O)[C@@H](C=C4COC(C)(C)O[C@H]4[C@]2(O)[C@H]1OC(=O)c1ccccc1-c1ccccc1)[C@H]1[C@@H](C[C@H]3C)C1(C)C. The van der Waals surface area contributed by atoms with E-state index in [1.807, 2.05) is 81.5 Å². The van der Waals surface area contributed by atoms with Crippen LogP contribution in [-0.4, -0.2) is 47.1 Å². The number of ketones is 1. The Labute approximate surface area is 247 Å². The fraction of sp³-hybridized carbons (Fsp3) is 0.500. The van der Waals surface area contributed by atoms with Gasteiger partial charge >= 0.3 is 5.97 Å². The Bertz CT molecular complexity index is 1530. The molecule has 2 aromatic rings. The minimum absolute atomic E-state index is 0.00136. The number of ether oxygens (including phenoxy) is 3. The maximum absolute atomic E-state index is 14.9. The standard InChI is InChI=1S/C36H40O6/c1-20-18-35-21(2)16-27-28(33(27,3)4)26(29(35)37)17-23-19-40-34(5,6)42-31(23)36(35,39)30(20)41-32(38)25-15-11-10-14-24(25)22-12-8-7-9-13-22/h7-15,17-18,21,26-28,30-31,39H,16,19H2,1-6H3/t21-,26+,27-,28+,30+,31-,35+,36-/m1/s1. The lowest BCUT2D eigenvalue weighted by Gasteiger charge is -2.52. The van der Waals surface area contributed by atoms with Crippen LogP contribution in [0.25, 0.3) is 11.1 Å². The van der Waals surface area contributed by atoms with Gasteiger partial charge in [-0.3, -0.25) is 4.79 Å². The molecule has 7 rings (SSSR count). The minimum atomic E-state index is -1.84. The molecule has 8 atom stereocenters. The fourth-order valence-electron chi connectivity index (χ4n) is 9.00. The lowest BCUT2D eigenvalue weighted by molar-refractivity contribution is -0.302. The van der Waals surface area contributed by atoms with Crippen LogP contribution in [0.1, 0.15) is 58.3 Å². The van der Waals surface area contributed by atoms with E-state index in [2.05, 4.69) is 20.8 Å². The number of fused-ring (bicyclic) bond motifs is 5. The molecule has 1 saturated heterocycles. The number of aliphatic hydroxyl groups is 1. The van der Waals surface area contributed by atoms with E-state index in [0.29, 0.717) is 17.1 Å². The van der Waals surface area contributed by atoms with Gasteiger partial charge in [0.2, 0.25) is 0 Å². The van der Waals surface area contributed by atoms with Crippen LogP contribution in [0.4, 0.5) is 0 Å². The molecule has 2 aromatic carbocycles. The predicted molar refractivity (Wildman–Crippen MR) is 158 cm³/mol. The smallest absolute Gasteiger partial charge is 0.339 e. The van der Waals surface area contributed by atoms with Crippen LogP contribution in [0.5, 0.6) is 0 Å². The maximum Gasteiger partial charge on any atom is 0.339 e.